The first-order chi connectivity index (χ1) is 17.2. The molecule has 1 N–H and O–H groups in total. The van der Waals surface area contributed by atoms with Gasteiger partial charge in [0, 0.05) is 18.2 Å². The van der Waals surface area contributed by atoms with Crippen LogP contribution in [0.5, 0.6) is 0 Å². The molecule has 1 saturated heterocycles. The van der Waals surface area contributed by atoms with Gasteiger partial charge in [-0.05, 0) is 57.7 Å². The quantitative estimate of drug-likeness (QED) is 0.411. The SMILES string of the molecule is CCOC(=O)c1nc(-c2cc(C)on2)nc(NCC2CCCC(c3ccc(C(F)(F)F)cc3)O2)c1C. The van der Waals surface area contributed by atoms with E-state index in [-0.39, 0.29) is 30.3 Å². The topological polar surface area (TPSA) is 99.4 Å². The van der Waals surface area contributed by atoms with Crippen LogP contribution in [0.4, 0.5) is 19.0 Å². The summed E-state index contributed by atoms with van der Waals surface area (Å²) in [5, 5.41) is 7.19. The number of nitrogens with one attached hydrogen (secondary N) is 1. The molecule has 0 spiro atoms. The number of aromatic nitrogens is 3. The highest BCUT2D eigenvalue weighted by Gasteiger charge is 2.31. The maximum Gasteiger partial charge on any atom is 0.416 e. The number of rotatable bonds is 7. The van der Waals surface area contributed by atoms with E-state index in [9.17, 15) is 18.0 Å². The number of anilines is 1. The minimum atomic E-state index is -4.38. The second-order valence-corrected chi connectivity index (χ2v) is 8.59. The van der Waals surface area contributed by atoms with Crippen molar-refractivity contribution in [3.05, 3.63) is 58.5 Å². The molecule has 0 saturated carbocycles. The fraction of sp³-hybridized carbons (Fsp3) is 0.440. The van der Waals surface area contributed by atoms with Gasteiger partial charge in [-0.15, -0.1) is 0 Å². The smallest absolute Gasteiger partial charge is 0.416 e. The minimum absolute atomic E-state index is 0.122. The number of benzene rings is 1. The monoisotopic (exact) mass is 504 g/mol. The molecule has 2 unspecified atom stereocenters. The number of hydrogen-bond donors (Lipinski definition) is 1. The maximum absolute atomic E-state index is 12.9. The van der Waals surface area contributed by atoms with Gasteiger partial charge >= 0.3 is 12.1 Å². The Labute approximate surface area is 206 Å². The van der Waals surface area contributed by atoms with Crippen molar-refractivity contribution in [3.63, 3.8) is 0 Å². The molecule has 0 radical (unpaired) electrons. The highest BCUT2D eigenvalue weighted by atomic mass is 19.4. The number of esters is 1. The molecule has 3 aromatic rings. The van der Waals surface area contributed by atoms with Gasteiger partial charge in [0.1, 0.15) is 11.6 Å². The van der Waals surface area contributed by atoms with Gasteiger partial charge in [0.15, 0.2) is 17.2 Å². The average Bonchev–Trinajstić information content (AvgIpc) is 3.29. The molecule has 1 aliphatic heterocycles. The van der Waals surface area contributed by atoms with Crippen molar-refractivity contribution in [1.82, 2.24) is 15.1 Å². The lowest BCUT2D eigenvalue weighted by atomic mass is 9.97. The predicted molar refractivity (Wildman–Crippen MR) is 124 cm³/mol. The second-order valence-electron chi connectivity index (χ2n) is 8.59. The molecule has 1 aromatic carbocycles. The van der Waals surface area contributed by atoms with Crippen LogP contribution in [0.15, 0.2) is 34.9 Å². The normalized spacial score (nSPS) is 18.2. The van der Waals surface area contributed by atoms with E-state index in [2.05, 4.69) is 20.4 Å². The Morgan fingerprint density at radius 1 is 1.17 bits per heavy atom. The molecule has 1 aliphatic rings. The number of halogens is 3. The highest BCUT2D eigenvalue weighted by Crippen LogP contribution is 2.34. The van der Waals surface area contributed by atoms with Gasteiger partial charge in [0.2, 0.25) is 0 Å². The Hall–Kier alpha value is -3.47. The number of aryl methyl sites for hydroxylation is 1. The van der Waals surface area contributed by atoms with E-state index in [1.807, 2.05) is 0 Å². The third-order valence-electron chi connectivity index (χ3n) is 5.93. The molecule has 0 amide bonds. The van der Waals surface area contributed by atoms with Crippen LogP contribution in [0.25, 0.3) is 11.5 Å². The van der Waals surface area contributed by atoms with Crippen molar-refractivity contribution in [2.24, 2.45) is 0 Å². The Morgan fingerprint density at radius 2 is 1.92 bits per heavy atom. The van der Waals surface area contributed by atoms with Gasteiger partial charge in [0.05, 0.1) is 24.4 Å². The fourth-order valence-corrected chi connectivity index (χ4v) is 4.07. The highest BCUT2D eigenvalue weighted by molar-refractivity contribution is 5.90. The zero-order chi connectivity index (χ0) is 25.9. The molecule has 36 heavy (non-hydrogen) atoms. The van der Waals surface area contributed by atoms with Crippen LogP contribution < -0.4 is 5.32 Å². The van der Waals surface area contributed by atoms with Crippen LogP contribution >= 0.6 is 0 Å². The first-order valence-corrected chi connectivity index (χ1v) is 11.7. The zero-order valence-electron chi connectivity index (χ0n) is 20.2. The summed E-state index contributed by atoms with van der Waals surface area (Å²) in [6.45, 7) is 5.75. The number of carbonyl (C=O) groups excluding carboxylic acids is 1. The lowest BCUT2D eigenvalue weighted by Gasteiger charge is -2.31. The number of hydrogen-bond acceptors (Lipinski definition) is 8. The lowest BCUT2D eigenvalue weighted by Crippen LogP contribution is -2.29. The lowest BCUT2D eigenvalue weighted by molar-refractivity contribution is -0.137. The predicted octanol–water partition coefficient (Wildman–Crippen LogP) is 5.67. The number of nitrogens with zero attached hydrogens (tertiary/aromatic N) is 3. The van der Waals surface area contributed by atoms with E-state index in [4.69, 9.17) is 14.0 Å². The minimum Gasteiger partial charge on any atom is -0.461 e. The average molecular weight is 505 g/mol. The van der Waals surface area contributed by atoms with Crippen LogP contribution in [0.2, 0.25) is 0 Å². The van der Waals surface area contributed by atoms with Gasteiger partial charge in [-0.1, -0.05) is 17.3 Å². The van der Waals surface area contributed by atoms with Gasteiger partial charge in [-0.3, -0.25) is 0 Å². The first-order valence-electron chi connectivity index (χ1n) is 11.7. The first kappa shape index (κ1) is 25.6. The molecule has 4 rings (SSSR count). The van der Waals surface area contributed by atoms with Gasteiger partial charge in [0.25, 0.3) is 0 Å². The summed E-state index contributed by atoms with van der Waals surface area (Å²) in [5.74, 6) is 0.656. The van der Waals surface area contributed by atoms with Gasteiger partial charge in [-0.25, -0.2) is 14.8 Å². The fourth-order valence-electron chi connectivity index (χ4n) is 4.07. The summed E-state index contributed by atoms with van der Waals surface area (Å²) in [7, 11) is 0. The number of ether oxygens (including phenoxy) is 2. The van der Waals surface area contributed by atoms with Crippen LogP contribution in [0.3, 0.4) is 0 Å². The third kappa shape index (κ3) is 5.84. The van der Waals surface area contributed by atoms with E-state index in [1.54, 1.807) is 26.8 Å². The summed E-state index contributed by atoms with van der Waals surface area (Å²) in [6, 6.07) is 6.76. The molecular weight excluding hydrogens is 477 g/mol. The van der Waals surface area contributed by atoms with Crippen molar-refractivity contribution in [3.8, 4) is 11.5 Å². The van der Waals surface area contributed by atoms with Crippen molar-refractivity contribution in [2.45, 2.75) is 58.4 Å². The molecule has 8 nitrogen and oxygen atoms in total. The van der Waals surface area contributed by atoms with Crippen molar-refractivity contribution in [1.29, 1.82) is 0 Å². The molecule has 192 valence electrons. The second kappa shape index (κ2) is 10.7. The number of carbonyl (C=O) groups is 1. The maximum atomic E-state index is 12.9. The Morgan fingerprint density at radius 3 is 2.56 bits per heavy atom. The summed E-state index contributed by atoms with van der Waals surface area (Å²) in [5.41, 5.74) is 1.05. The molecule has 0 aliphatic carbocycles. The van der Waals surface area contributed by atoms with Crippen molar-refractivity contribution < 1.29 is 32.0 Å². The molecule has 11 heteroatoms. The molecule has 1 fully saturated rings. The van der Waals surface area contributed by atoms with Crippen LogP contribution in [-0.4, -0.2) is 40.3 Å². The van der Waals surface area contributed by atoms with Gasteiger partial charge < -0.3 is 19.3 Å². The van der Waals surface area contributed by atoms with E-state index in [0.29, 0.717) is 34.9 Å². The van der Waals surface area contributed by atoms with Crippen LogP contribution in [0.1, 0.15) is 65.2 Å². The summed E-state index contributed by atoms with van der Waals surface area (Å²) < 4.78 is 55.1. The largest absolute Gasteiger partial charge is 0.461 e. The van der Waals surface area contributed by atoms with E-state index < -0.39 is 17.7 Å². The third-order valence-corrected chi connectivity index (χ3v) is 5.93. The summed E-state index contributed by atoms with van der Waals surface area (Å²) in [6.07, 6.45) is -2.53. The summed E-state index contributed by atoms with van der Waals surface area (Å²) >= 11 is 0. The van der Waals surface area contributed by atoms with E-state index >= 15 is 0 Å². The van der Waals surface area contributed by atoms with E-state index in [0.717, 1.165) is 31.4 Å². The van der Waals surface area contributed by atoms with Crippen molar-refractivity contribution in [2.75, 3.05) is 18.5 Å². The molecule has 2 aromatic heterocycles. The number of alkyl halides is 3. The van der Waals surface area contributed by atoms with Gasteiger partial charge in [-0.2, -0.15) is 13.2 Å². The molecule has 0 bridgehead atoms. The Kier molecular flexibility index (Phi) is 7.58. The zero-order valence-corrected chi connectivity index (χ0v) is 20.2. The van der Waals surface area contributed by atoms with Crippen LogP contribution in [-0.2, 0) is 15.7 Å². The standard InChI is InChI=1S/C25H27F3N4O4/c1-4-34-24(33)21-15(3)22(31-23(30-21)19-12-14(2)36-32-19)29-13-18-6-5-7-20(35-18)16-8-10-17(11-9-16)25(26,27)28/h8-12,18,20H,4-7,13H2,1-3H3,(H,29,30,31). The molecule has 3 heterocycles. The Bertz CT molecular complexity index is 1210. The van der Waals surface area contributed by atoms with Crippen LogP contribution in [0, 0.1) is 13.8 Å². The molecule has 2 atom stereocenters. The Balaban J connectivity index is 1.50. The molecular formula is C25H27F3N4O4. The van der Waals surface area contributed by atoms with Crippen molar-refractivity contribution >= 4 is 11.8 Å². The summed E-state index contributed by atoms with van der Waals surface area (Å²) in [4.78, 5) is 21.4. The van der Waals surface area contributed by atoms with E-state index in [1.165, 1.54) is 12.1 Å².